The third-order valence-corrected chi connectivity index (χ3v) is 4.89. The van der Waals surface area contributed by atoms with E-state index in [4.69, 9.17) is 4.74 Å². The molecule has 0 atom stereocenters. The highest BCUT2D eigenvalue weighted by Crippen LogP contribution is 2.37. The second kappa shape index (κ2) is 4.89. The summed E-state index contributed by atoms with van der Waals surface area (Å²) < 4.78 is 7.82. The van der Waals surface area contributed by atoms with Gasteiger partial charge in [0.05, 0.1) is 7.11 Å². The van der Waals surface area contributed by atoms with Crippen LogP contribution >= 0.6 is 11.3 Å². The van der Waals surface area contributed by atoms with Crippen LogP contribution in [0.4, 0.5) is 0 Å². The number of rotatable bonds is 4. The summed E-state index contributed by atoms with van der Waals surface area (Å²) in [6, 6.07) is 8.74. The van der Waals surface area contributed by atoms with E-state index in [-0.39, 0.29) is 0 Å². The van der Waals surface area contributed by atoms with E-state index < -0.39 is 0 Å². The maximum absolute atomic E-state index is 5.37. The number of aromatic nitrogens is 1. The number of hydrogen-bond acceptors (Lipinski definition) is 2. The summed E-state index contributed by atoms with van der Waals surface area (Å²) in [7, 11) is 1.73. The van der Waals surface area contributed by atoms with Crippen molar-refractivity contribution in [2.24, 2.45) is 0 Å². The van der Waals surface area contributed by atoms with Crippen LogP contribution < -0.4 is 4.74 Å². The summed E-state index contributed by atoms with van der Waals surface area (Å²) in [4.78, 5) is 2.86. The predicted molar refractivity (Wildman–Crippen MR) is 83.5 cm³/mol. The Labute approximate surface area is 117 Å². The van der Waals surface area contributed by atoms with Gasteiger partial charge in [0.15, 0.2) is 0 Å². The van der Waals surface area contributed by atoms with Crippen LogP contribution in [0.3, 0.4) is 0 Å². The maximum Gasteiger partial charge on any atom is 0.119 e. The highest BCUT2D eigenvalue weighted by Gasteiger charge is 2.13. The molecule has 2 nitrogen and oxygen atoms in total. The number of fused-ring (bicyclic) bond motifs is 3. The molecule has 100 valence electrons. The number of thiophene rings is 1. The van der Waals surface area contributed by atoms with Gasteiger partial charge in [-0.3, -0.25) is 0 Å². The third-order valence-electron chi connectivity index (χ3n) is 3.59. The predicted octanol–water partition coefficient (Wildman–Crippen LogP) is 4.84. The highest BCUT2D eigenvalue weighted by atomic mass is 32.1. The van der Waals surface area contributed by atoms with E-state index in [0.29, 0.717) is 0 Å². The first kappa shape index (κ1) is 12.5. The minimum Gasteiger partial charge on any atom is -0.497 e. The van der Waals surface area contributed by atoms with Gasteiger partial charge < -0.3 is 9.30 Å². The SMILES string of the molecule is CCCn1c2ccc(OC)cc2c2cc(CC)sc21. The zero-order chi connectivity index (χ0) is 13.4. The molecule has 0 N–H and O–H groups in total. The fourth-order valence-corrected chi connectivity index (χ4v) is 3.80. The molecule has 3 rings (SSSR count). The quantitative estimate of drug-likeness (QED) is 0.663. The smallest absolute Gasteiger partial charge is 0.119 e. The van der Waals surface area contributed by atoms with Gasteiger partial charge in [0, 0.05) is 27.7 Å². The van der Waals surface area contributed by atoms with Crippen LogP contribution in [0.15, 0.2) is 24.3 Å². The molecule has 0 fully saturated rings. The van der Waals surface area contributed by atoms with Crippen molar-refractivity contribution in [2.75, 3.05) is 7.11 Å². The molecule has 0 amide bonds. The largest absolute Gasteiger partial charge is 0.497 e. The van der Waals surface area contributed by atoms with Gasteiger partial charge in [0.25, 0.3) is 0 Å². The maximum atomic E-state index is 5.37. The second-order valence-electron chi connectivity index (χ2n) is 4.82. The Bertz CT molecular complexity index is 723. The lowest BCUT2D eigenvalue weighted by atomic mass is 10.2. The van der Waals surface area contributed by atoms with E-state index in [0.717, 1.165) is 25.1 Å². The molecule has 0 saturated heterocycles. The third kappa shape index (κ3) is 1.93. The Kier molecular flexibility index (Phi) is 3.23. The van der Waals surface area contributed by atoms with Crippen LogP contribution in [0.5, 0.6) is 5.75 Å². The average Bonchev–Trinajstić information content (AvgIpc) is 2.98. The molecule has 0 aliphatic heterocycles. The molecule has 19 heavy (non-hydrogen) atoms. The zero-order valence-electron chi connectivity index (χ0n) is 11.7. The van der Waals surface area contributed by atoms with Crippen LogP contribution in [0, 0.1) is 0 Å². The Morgan fingerprint density at radius 1 is 1.16 bits per heavy atom. The molecule has 1 aromatic carbocycles. The van der Waals surface area contributed by atoms with Crippen molar-refractivity contribution in [3.63, 3.8) is 0 Å². The monoisotopic (exact) mass is 273 g/mol. The number of aryl methyl sites for hydroxylation is 2. The van der Waals surface area contributed by atoms with Crippen molar-refractivity contribution in [1.82, 2.24) is 4.57 Å². The molecule has 0 spiro atoms. The van der Waals surface area contributed by atoms with E-state index in [1.807, 2.05) is 11.3 Å². The first-order chi connectivity index (χ1) is 9.28. The van der Waals surface area contributed by atoms with E-state index in [9.17, 15) is 0 Å². The van der Waals surface area contributed by atoms with E-state index in [2.05, 4.69) is 42.7 Å². The lowest BCUT2D eigenvalue weighted by Gasteiger charge is -2.05. The van der Waals surface area contributed by atoms with Crippen LogP contribution in [-0.4, -0.2) is 11.7 Å². The number of methoxy groups -OCH3 is 1. The van der Waals surface area contributed by atoms with Gasteiger partial charge in [-0.2, -0.15) is 0 Å². The molecule has 3 aromatic rings. The van der Waals surface area contributed by atoms with Crippen LogP contribution in [0.1, 0.15) is 25.1 Å². The minimum absolute atomic E-state index is 0.937. The lowest BCUT2D eigenvalue weighted by molar-refractivity contribution is 0.415. The Balaban J connectivity index is 2.35. The number of hydrogen-bond donors (Lipinski definition) is 0. The van der Waals surface area contributed by atoms with Crippen molar-refractivity contribution < 1.29 is 4.74 Å². The number of benzene rings is 1. The van der Waals surface area contributed by atoms with E-state index >= 15 is 0 Å². The lowest BCUT2D eigenvalue weighted by Crippen LogP contribution is -1.94. The molecule has 0 radical (unpaired) electrons. The Morgan fingerprint density at radius 2 is 2.00 bits per heavy atom. The van der Waals surface area contributed by atoms with Crippen LogP contribution in [0.2, 0.25) is 0 Å². The van der Waals surface area contributed by atoms with Crippen molar-refractivity contribution in [2.45, 2.75) is 33.2 Å². The van der Waals surface area contributed by atoms with Gasteiger partial charge >= 0.3 is 0 Å². The molecule has 2 aromatic heterocycles. The van der Waals surface area contributed by atoms with Crippen LogP contribution in [-0.2, 0) is 13.0 Å². The summed E-state index contributed by atoms with van der Waals surface area (Å²) in [5, 5.41) is 2.70. The van der Waals surface area contributed by atoms with Crippen molar-refractivity contribution in [3.8, 4) is 5.75 Å². The average molecular weight is 273 g/mol. The molecule has 0 saturated carbocycles. The summed E-state index contributed by atoms with van der Waals surface area (Å²) in [6.45, 7) is 5.53. The first-order valence-electron chi connectivity index (χ1n) is 6.87. The molecule has 0 aliphatic carbocycles. The van der Waals surface area contributed by atoms with Crippen LogP contribution in [0.25, 0.3) is 21.1 Å². The molecule has 0 aliphatic rings. The summed E-state index contributed by atoms with van der Waals surface area (Å²) in [6.07, 6.45) is 2.27. The van der Waals surface area contributed by atoms with Crippen molar-refractivity contribution >= 4 is 32.5 Å². The fourth-order valence-electron chi connectivity index (χ4n) is 2.65. The molecular formula is C16H19NOS. The van der Waals surface area contributed by atoms with Gasteiger partial charge in [0.2, 0.25) is 0 Å². The Hall–Kier alpha value is -1.48. The van der Waals surface area contributed by atoms with Gasteiger partial charge in [0.1, 0.15) is 10.6 Å². The van der Waals surface area contributed by atoms with Gasteiger partial charge in [-0.1, -0.05) is 13.8 Å². The summed E-state index contributed by atoms with van der Waals surface area (Å²) in [5.41, 5.74) is 1.33. The highest BCUT2D eigenvalue weighted by molar-refractivity contribution is 7.19. The van der Waals surface area contributed by atoms with E-state index in [1.165, 1.54) is 26.0 Å². The molecule has 3 heteroatoms. The second-order valence-corrected chi connectivity index (χ2v) is 5.94. The van der Waals surface area contributed by atoms with Gasteiger partial charge in [-0.05, 0) is 37.1 Å². The topological polar surface area (TPSA) is 14.2 Å². The molecular weight excluding hydrogens is 254 g/mol. The standard InChI is InChI=1S/C16H19NOS/c1-4-8-17-15-7-6-11(18-3)9-13(15)14-10-12(5-2)19-16(14)17/h6-7,9-10H,4-5,8H2,1-3H3. The van der Waals surface area contributed by atoms with Gasteiger partial charge in [-0.15, -0.1) is 11.3 Å². The van der Waals surface area contributed by atoms with E-state index in [1.54, 1.807) is 7.11 Å². The normalized spacial score (nSPS) is 11.5. The summed E-state index contributed by atoms with van der Waals surface area (Å²) >= 11 is 1.93. The zero-order valence-corrected chi connectivity index (χ0v) is 12.5. The number of nitrogens with zero attached hydrogens (tertiary/aromatic N) is 1. The van der Waals surface area contributed by atoms with Crippen molar-refractivity contribution in [1.29, 1.82) is 0 Å². The first-order valence-corrected chi connectivity index (χ1v) is 7.68. The molecule has 0 bridgehead atoms. The summed E-state index contributed by atoms with van der Waals surface area (Å²) in [5.74, 6) is 0.937. The Morgan fingerprint density at radius 3 is 2.68 bits per heavy atom. The van der Waals surface area contributed by atoms with Gasteiger partial charge in [-0.25, -0.2) is 0 Å². The molecule has 2 heterocycles. The van der Waals surface area contributed by atoms with Crippen molar-refractivity contribution in [3.05, 3.63) is 29.1 Å². The minimum atomic E-state index is 0.937. The molecule has 0 unspecified atom stereocenters. The number of ether oxygens (including phenoxy) is 1. The fraction of sp³-hybridized carbons (Fsp3) is 0.375.